The van der Waals surface area contributed by atoms with Crippen molar-refractivity contribution in [2.75, 3.05) is 12.3 Å². The first-order valence-corrected chi connectivity index (χ1v) is 7.28. The molecule has 0 radical (unpaired) electrons. The third-order valence-electron chi connectivity index (χ3n) is 2.11. The SMILES string of the molecule is C=C(Cl)CNS(=O)(=O)c1cc(Br)cc(N)c1C. The number of nitrogens with two attached hydrogens (primary N) is 1. The van der Waals surface area contributed by atoms with Gasteiger partial charge in [0, 0.05) is 21.7 Å². The molecule has 3 N–H and O–H groups in total. The van der Waals surface area contributed by atoms with Gasteiger partial charge in [-0.1, -0.05) is 34.1 Å². The molecule has 0 saturated carbocycles. The Balaban J connectivity index is 3.19. The fraction of sp³-hybridized carbons (Fsp3) is 0.200. The Labute approximate surface area is 114 Å². The van der Waals surface area contributed by atoms with Gasteiger partial charge >= 0.3 is 0 Å². The van der Waals surface area contributed by atoms with E-state index < -0.39 is 10.0 Å². The summed E-state index contributed by atoms with van der Waals surface area (Å²) in [5, 5.41) is 0.217. The Morgan fingerprint density at radius 1 is 1.59 bits per heavy atom. The van der Waals surface area contributed by atoms with Gasteiger partial charge in [0.15, 0.2) is 0 Å². The van der Waals surface area contributed by atoms with Crippen LogP contribution >= 0.6 is 27.5 Å². The van der Waals surface area contributed by atoms with E-state index in [1.807, 2.05) is 0 Å². The quantitative estimate of drug-likeness (QED) is 0.827. The summed E-state index contributed by atoms with van der Waals surface area (Å²) in [6.45, 7) is 5.04. The van der Waals surface area contributed by atoms with Crippen molar-refractivity contribution in [1.82, 2.24) is 4.72 Å². The molecule has 17 heavy (non-hydrogen) atoms. The molecule has 4 nitrogen and oxygen atoms in total. The van der Waals surface area contributed by atoms with Crippen LogP contribution in [0.2, 0.25) is 0 Å². The second-order valence-corrected chi connectivity index (χ2v) is 6.65. The van der Waals surface area contributed by atoms with Gasteiger partial charge in [-0.25, -0.2) is 13.1 Å². The summed E-state index contributed by atoms with van der Waals surface area (Å²) < 4.78 is 26.9. The lowest BCUT2D eigenvalue weighted by molar-refractivity contribution is 0.584. The lowest BCUT2D eigenvalue weighted by Gasteiger charge is -2.11. The molecule has 0 heterocycles. The van der Waals surface area contributed by atoms with Crippen molar-refractivity contribution in [3.63, 3.8) is 0 Å². The zero-order valence-electron chi connectivity index (χ0n) is 9.13. The molecule has 94 valence electrons. The number of sulfonamides is 1. The van der Waals surface area contributed by atoms with Crippen molar-refractivity contribution in [3.8, 4) is 0 Å². The second kappa shape index (κ2) is 5.39. The van der Waals surface area contributed by atoms with Gasteiger partial charge in [-0.2, -0.15) is 0 Å². The zero-order valence-corrected chi connectivity index (χ0v) is 12.3. The summed E-state index contributed by atoms with van der Waals surface area (Å²) in [6, 6.07) is 3.14. The number of nitrogen functional groups attached to an aromatic ring is 1. The maximum atomic E-state index is 12.0. The van der Waals surface area contributed by atoms with Crippen molar-refractivity contribution >= 4 is 43.2 Å². The van der Waals surface area contributed by atoms with Crippen LogP contribution in [-0.4, -0.2) is 15.0 Å². The minimum atomic E-state index is -3.64. The minimum Gasteiger partial charge on any atom is -0.398 e. The van der Waals surface area contributed by atoms with Crippen molar-refractivity contribution in [2.24, 2.45) is 0 Å². The van der Waals surface area contributed by atoms with Crippen LogP contribution in [0, 0.1) is 6.92 Å². The predicted octanol–water partition coefficient (Wildman–Crippen LogP) is 2.37. The number of halogens is 2. The predicted molar refractivity (Wildman–Crippen MR) is 73.5 cm³/mol. The van der Waals surface area contributed by atoms with E-state index >= 15 is 0 Å². The molecule has 0 atom stereocenters. The lowest BCUT2D eigenvalue weighted by Crippen LogP contribution is -2.25. The van der Waals surface area contributed by atoms with E-state index in [2.05, 4.69) is 27.2 Å². The van der Waals surface area contributed by atoms with Crippen LogP contribution in [0.5, 0.6) is 0 Å². The standard InChI is InChI=1S/C10H12BrClN2O2S/c1-6(12)5-14-17(15,16)10-4-8(11)3-9(13)7(10)2/h3-4,14H,1,5,13H2,2H3. The van der Waals surface area contributed by atoms with Gasteiger partial charge in [-0.05, 0) is 24.6 Å². The highest BCUT2D eigenvalue weighted by Crippen LogP contribution is 2.26. The Morgan fingerprint density at radius 2 is 2.18 bits per heavy atom. The van der Waals surface area contributed by atoms with Crippen LogP contribution < -0.4 is 10.5 Å². The Hall–Kier alpha value is -0.560. The zero-order chi connectivity index (χ0) is 13.2. The second-order valence-electron chi connectivity index (χ2n) is 3.46. The lowest BCUT2D eigenvalue weighted by atomic mass is 10.2. The molecule has 0 amide bonds. The van der Waals surface area contributed by atoms with Crippen LogP contribution in [0.15, 0.2) is 33.1 Å². The van der Waals surface area contributed by atoms with E-state index in [0.29, 0.717) is 15.7 Å². The first-order valence-electron chi connectivity index (χ1n) is 4.62. The topological polar surface area (TPSA) is 72.2 Å². The Kier molecular flexibility index (Phi) is 4.60. The number of anilines is 1. The van der Waals surface area contributed by atoms with E-state index in [9.17, 15) is 8.42 Å². The molecule has 1 aromatic rings. The van der Waals surface area contributed by atoms with Gasteiger partial charge in [0.05, 0.1) is 4.90 Å². The molecule has 0 bridgehead atoms. The van der Waals surface area contributed by atoms with Gasteiger partial charge < -0.3 is 5.73 Å². The molecule has 0 saturated heterocycles. The molecular formula is C10H12BrClN2O2S. The fourth-order valence-corrected chi connectivity index (χ4v) is 3.30. The molecule has 7 heteroatoms. The van der Waals surface area contributed by atoms with Crippen LogP contribution in [-0.2, 0) is 10.0 Å². The Morgan fingerprint density at radius 3 is 2.71 bits per heavy atom. The monoisotopic (exact) mass is 338 g/mol. The van der Waals surface area contributed by atoms with Crippen molar-refractivity contribution in [2.45, 2.75) is 11.8 Å². The maximum absolute atomic E-state index is 12.0. The summed E-state index contributed by atoms with van der Waals surface area (Å²) in [5.74, 6) is 0. The number of rotatable bonds is 4. The van der Waals surface area contributed by atoms with E-state index in [1.165, 1.54) is 6.07 Å². The normalized spacial score (nSPS) is 11.5. The first kappa shape index (κ1) is 14.5. The highest BCUT2D eigenvalue weighted by molar-refractivity contribution is 9.10. The summed E-state index contributed by atoms with van der Waals surface area (Å²) in [7, 11) is -3.64. The Bertz CT molecular complexity index is 558. The minimum absolute atomic E-state index is 0.0181. The van der Waals surface area contributed by atoms with E-state index in [-0.39, 0.29) is 16.5 Å². The molecule has 0 unspecified atom stereocenters. The van der Waals surface area contributed by atoms with Crippen molar-refractivity contribution in [3.05, 3.63) is 33.8 Å². The molecule has 0 spiro atoms. The van der Waals surface area contributed by atoms with Crippen molar-refractivity contribution < 1.29 is 8.42 Å². The molecule has 0 aliphatic rings. The van der Waals surface area contributed by atoms with E-state index in [1.54, 1.807) is 13.0 Å². The van der Waals surface area contributed by atoms with Crippen LogP contribution in [0.4, 0.5) is 5.69 Å². The molecule has 0 aromatic heterocycles. The third-order valence-corrected chi connectivity index (χ3v) is 4.23. The van der Waals surface area contributed by atoms with Gasteiger partial charge in [0.25, 0.3) is 0 Å². The highest BCUT2D eigenvalue weighted by Gasteiger charge is 2.18. The van der Waals surface area contributed by atoms with Gasteiger partial charge in [-0.3, -0.25) is 0 Å². The van der Waals surface area contributed by atoms with Crippen LogP contribution in [0.3, 0.4) is 0 Å². The van der Waals surface area contributed by atoms with Gasteiger partial charge in [0.1, 0.15) is 0 Å². The van der Waals surface area contributed by atoms with Gasteiger partial charge in [0.2, 0.25) is 10.0 Å². The van der Waals surface area contributed by atoms with Gasteiger partial charge in [-0.15, -0.1) is 0 Å². The number of hydrogen-bond donors (Lipinski definition) is 2. The highest BCUT2D eigenvalue weighted by atomic mass is 79.9. The largest absolute Gasteiger partial charge is 0.398 e. The molecule has 0 aliphatic heterocycles. The number of nitrogens with one attached hydrogen (secondary N) is 1. The molecule has 0 fully saturated rings. The molecular weight excluding hydrogens is 328 g/mol. The average molecular weight is 340 g/mol. The molecule has 1 rings (SSSR count). The number of benzene rings is 1. The van der Waals surface area contributed by atoms with Crippen molar-refractivity contribution in [1.29, 1.82) is 0 Å². The molecule has 1 aromatic carbocycles. The smallest absolute Gasteiger partial charge is 0.241 e. The first-order chi connectivity index (χ1) is 7.74. The van der Waals surface area contributed by atoms with Crippen LogP contribution in [0.1, 0.15) is 5.56 Å². The molecule has 0 aliphatic carbocycles. The average Bonchev–Trinajstić information content (AvgIpc) is 2.20. The van der Waals surface area contributed by atoms with E-state index in [0.717, 1.165) is 0 Å². The van der Waals surface area contributed by atoms with Crippen LogP contribution in [0.25, 0.3) is 0 Å². The van der Waals surface area contributed by atoms with E-state index in [4.69, 9.17) is 17.3 Å². The summed E-state index contributed by atoms with van der Waals surface area (Å²) in [4.78, 5) is 0.127. The summed E-state index contributed by atoms with van der Waals surface area (Å²) in [6.07, 6.45) is 0. The third kappa shape index (κ3) is 3.70. The maximum Gasteiger partial charge on any atom is 0.241 e. The fourth-order valence-electron chi connectivity index (χ4n) is 1.20. The summed E-state index contributed by atoms with van der Waals surface area (Å²) >= 11 is 8.72. The number of hydrogen-bond acceptors (Lipinski definition) is 3. The summed E-state index contributed by atoms with van der Waals surface area (Å²) in [5.41, 5.74) is 6.62.